The molecule has 0 unspecified atom stereocenters. The van der Waals surface area contributed by atoms with Crippen molar-refractivity contribution in [2.45, 2.75) is 25.8 Å². The molecule has 174 valence electrons. The summed E-state index contributed by atoms with van der Waals surface area (Å²) in [4.78, 5) is 0. The molecule has 2 aliphatic rings. The highest BCUT2D eigenvalue weighted by Crippen LogP contribution is 2.43. The highest BCUT2D eigenvalue weighted by molar-refractivity contribution is 7.80. The van der Waals surface area contributed by atoms with E-state index in [1.807, 2.05) is 30.3 Å². The van der Waals surface area contributed by atoms with Crippen molar-refractivity contribution in [2.75, 3.05) is 28.4 Å². The highest BCUT2D eigenvalue weighted by atomic mass is 32.1. The lowest BCUT2D eigenvalue weighted by Crippen LogP contribution is -2.45. The normalized spacial score (nSPS) is 21.1. The summed E-state index contributed by atoms with van der Waals surface area (Å²) in [5.41, 5.74) is 5.76. The molecule has 2 aromatic rings. The number of thiocarbonyl (C=S) groups is 1. The lowest BCUT2D eigenvalue weighted by molar-refractivity contribution is 0.354. The van der Waals surface area contributed by atoms with Crippen molar-refractivity contribution in [3.8, 4) is 23.0 Å². The Morgan fingerprint density at radius 2 is 1.48 bits per heavy atom. The topological polar surface area (TPSA) is 61.0 Å². The second-order valence-corrected chi connectivity index (χ2v) is 8.75. The first-order valence-electron chi connectivity index (χ1n) is 10.9. The SMILES string of the molecule is COc1ccc(/C=C2\C[C@@H](C)CC3=C2NC(=S)N[C@@H]3c2ccc(OC)c(OC)c2)cc1OC. The lowest BCUT2D eigenvalue weighted by atomic mass is 9.78. The van der Waals surface area contributed by atoms with Crippen LogP contribution in [0.4, 0.5) is 0 Å². The van der Waals surface area contributed by atoms with E-state index in [-0.39, 0.29) is 6.04 Å². The van der Waals surface area contributed by atoms with E-state index in [0.29, 0.717) is 34.0 Å². The third-order valence-corrected chi connectivity index (χ3v) is 6.35. The van der Waals surface area contributed by atoms with Gasteiger partial charge in [-0.05, 0) is 83.6 Å². The largest absolute Gasteiger partial charge is 0.493 e. The van der Waals surface area contributed by atoms with Crippen LogP contribution in [-0.4, -0.2) is 33.6 Å². The van der Waals surface area contributed by atoms with Gasteiger partial charge >= 0.3 is 0 Å². The zero-order chi connectivity index (χ0) is 23.5. The molecule has 0 aromatic heterocycles. The summed E-state index contributed by atoms with van der Waals surface area (Å²) in [6.45, 7) is 2.28. The quantitative estimate of drug-likeness (QED) is 0.581. The second-order valence-electron chi connectivity index (χ2n) is 8.34. The molecule has 1 heterocycles. The number of methoxy groups -OCH3 is 4. The van der Waals surface area contributed by atoms with E-state index in [1.165, 1.54) is 11.1 Å². The van der Waals surface area contributed by atoms with E-state index < -0.39 is 0 Å². The van der Waals surface area contributed by atoms with Crippen LogP contribution in [0.2, 0.25) is 0 Å². The Morgan fingerprint density at radius 1 is 0.848 bits per heavy atom. The first-order chi connectivity index (χ1) is 16.0. The van der Waals surface area contributed by atoms with Crippen LogP contribution >= 0.6 is 12.2 Å². The molecule has 2 aromatic carbocycles. The maximum absolute atomic E-state index is 5.60. The van der Waals surface area contributed by atoms with E-state index in [9.17, 15) is 0 Å². The smallest absolute Gasteiger partial charge is 0.171 e. The summed E-state index contributed by atoms with van der Waals surface area (Å²) in [5.74, 6) is 3.33. The summed E-state index contributed by atoms with van der Waals surface area (Å²) in [7, 11) is 6.59. The van der Waals surface area contributed by atoms with Crippen molar-refractivity contribution in [1.82, 2.24) is 10.6 Å². The van der Waals surface area contributed by atoms with Crippen LogP contribution in [0.3, 0.4) is 0 Å². The molecule has 2 N–H and O–H groups in total. The van der Waals surface area contributed by atoms with Crippen molar-refractivity contribution < 1.29 is 18.9 Å². The maximum atomic E-state index is 5.60. The average molecular weight is 467 g/mol. The van der Waals surface area contributed by atoms with E-state index >= 15 is 0 Å². The second kappa shape index (κ2) is 9.75. The summed E-state index contributed by atoms with van der Waals surface area (Å²) < 4.78 is 21.8. The van der Waals surface area contributed by atoms with Crippen LogP contribution < -0.4 is 29.6 Å². The molecule has 0 fully saturated rings. The van der Waals surface area contributed by atoms with Crippen LogP contribution in [0.25, 0.3) is 6.08 Å². The summed E-state index contributed by atoms with van der Waals surface area (Å²) >= 11 is 5.60. The van der Waals surface area contributed by atoms with Crippen LogP contribution in [0.15, 0.2) is 53.2 Å². The summed E-state index contributed by atoms with van der Waals surface area (Å²) in [5, 5.41) is 7.50. The third kappa shape index (κ3) is 4.64. The molecule has 0 saturated heterocycles. The van der Waals surface area contributed by atoms with Crippen molar-refractivity contribution in [2.24, 2.45) is 5.92 Å². The van der Waals surface area contributed by atoms with Gasteiger partial charge in [0.1, 0.15) is 0 Å². The van der Waals surface area contributed by atoms with Gasteiger partial charge in [0.25, 0.3) is 0 Å². The van der Waals surface area contributed by atoms with Gasteiger partial charge in [0.15, 0.2) is 28.1 Å². The van der Waals surface area contributed by atoms with Gasteiger partial charge in [0.05, 0.1) is 34.5 Å². The molecule has 0 spiro atoms. The Labute approximate surface area is 200 Å². The number of ether oxygens (including phenoxy) is 4. The first kappa shape index (κ1) is 23.0. The van der Waals surface area contributed by atoms with Crippen molar-refractivity contribution >= 4 is 23.4 Å². The number of nitrogens with one attached hydrogen (secondary N) is 2. The number of hydrogen-bond donors (Lipinski definition) is 2. The van der Waals surface area contributed by atoms with Gasteiger partial charge in [-0.25, -0.2) is 0 Å². The molecule has 2 atom stereocenters. The molecule has 0 radical (unpaired) electrons. The zero-order valence-electron chi connectivity index (χ0n) is 19.7. The van der Waals surface area contributed by atoms with Crippen molar-refractivity contribution in [3.05, 3.63) is 64.4 Å². The molecule has 0 amide bonds. The van der Waals surface area contributed by atoms with Crippen LogP contribution in [0.5, 0.6) is 23.0 Å². The molecule has 1 aliphatic carbocycles. The zero-order valence-corrected chi connectivity index (χ0v) is 20.5. The molecule has 1 aliphatic heterocycles. The van der Waals surface area contributed by atoms with E-state index in [1.54, 1.807) is 28.4 Å². The van der Waals surface area contributed by atoms with Gasteiger partial charge in [-0.1, -0.05) is 19.1 Å². The Hall–Kier alpha value is -3.19. The van der Waals surface area contributed by atoms with Gasteiger partial charge in [-0.2, -0.15) is 0 Å². The third-order valence-electron chi connectivity index (χ3n) is 6.13. The van der Waals surface area contributed by atoms with Crippen molar-refractivity contribution in [3.63, 3.8) is 0 Å². The van der Waals surface area contributed by atoms with E-state index in [0.717, 1.165) is 29.7 Å². The maximum Gasteiger partial charge on any atom is 0.171 e. The minimum absolute atomic E-state index is 0.0369. The van der Waals surface area contributed by atoms with Crippen LogP contribution in [-0.2, 0) is 0 Å². The fraction of sp³-hybridized carbons (Fsp3) is 0.346. The first-order valence-corrected chi connectivity index (χ1v) is 11.3. The molecule has 0 saturated carbocycles. The average Bonchev–Trinajstić information content (AvgIpc) is 2.83. The Kier molecular flexibility index (Phi) is 6.79. The van der Waals surface area contributed by atoms with Gasteiger partial charge < -0.3 is 29.6 Å². The minimum atomic E-state index is -0.0369. The van der Waals surface area contributed by atoms with Gasteiger partial charge in [-0.3, -0.25) is 0 Å². The Balaban J connectivity index is 1.78. The number of rotatable bonds is 6. The number of hydrogen-bond acceptors (Lipinski definition) is 5. The number of allylic oxidation sites excluding steroid dienone is 1. The van der Waals surface area contributed by atoms with Gasteiger partial charge in [0, 0.05) is 5.70 Å². The fourth-order valence-corrected chi connectivity index (χ4v) is 4.84. The Morgan fingerprint density at radius 3 is 2.15 bits per heavy atom. The highest BCUT2D eigenvalue weighted by Gasteiger charge is 2.33. The molecule has 6 nitrogen and oxygen atoms in total. The predicted molar refractivity (Wildman–Crippen MR) is 134 cm³/mol. The molecule has 0 bridgehead atoms. The van der Waals surface area contributed by atoms with Gasteiger partial charge in [-0.15, -0.1) is 0 Å². The van der Waals surface area contributed by atoms with E-state index in [4.69, 9.17) is 31.2 Å². The summed E-state index contributed by atoms with van der Waals surface area (Å²) in [6, 6.07) is 12.0. The fourth-order valence-electron chi connectivity index (χ4n) is 4.62. The summed E-state index contributed by atoms with van der Waals surface area (Å²) in [6.07, 6.45) is 4.14. The molecular weight excluding hydrogens is 436 g/mol. The Bertz CT molecular complexity index is 1130. The predicted octanol–water partition coefficient (Wildman–Crippen LogP) is 5.01. The molecule has 33 heavy (non-hydrogen) atoms. The standard InChI is InChI=1S/C26H30N2O4S/c1-15-10-18(12-16-6-8-20(29-2)22(13-16)31-4)25-19(11-15)24(27-26(33)28-25)17-7-9-21(30-3)23(14-17)32-5/h6-9,12-15,24H,10-11H2,1-5H3,(H2,27,28,33)/b18-12+/t15-,24-/m1/s1. The monoisotopic (exact) mass is 466 g/mol. The molecule has 7 heteroatoms. The lowest BCUT2D eigenvalue weighted by Gasteiger charge is -2.38. The van der Waals surface area contributed by atoms with Gasteiger partial charge in [0.2, 0.25) is 0 Å². The number of benzene rings is 2. The van der Waals surface area contributed by atoms with Crippen molar-refractivity contribution in [1.29, 1.82) is 0 Å². The van der Waals surface area contributed by atoms with E-state index in [2.05, 4.69) is 29.7 Å². The minimum Gasteiger partial charge on any atom is -0.493 e. The molecule has 4 rings (SSSR count). The molecular formula is C26H30N2O4S. The van der Waals surface area contributed by atoms with Crippen LogP contribution in [0.1, 0.15) is 36.9 Å². The van der Waals surface area contributed by atoms with Crippen LogP contribution in [0, 0.1) is 5.92 Å².